The van der Waals surface area contributed by atoms with Crippen LogP contribution < -0.4 is 10.6 Å². The van der Waals surface area contributed by atoms with Gasteiger partial charge in [-0.05, 0) is 64.5 Å². The summed E-state index contributed by atoms with van der Waals surface area (Å²) in [7, 11) is 1.87. The zero-order valence-electron chi connectivity index (χ0n) is 18.8. The van der Waals surface area contributed by atoms with Crippen molar-refractivity contribution in [2.45, 2.75) is 78.2 Å². The molecular formula is C23H41N5O. The fraction of sp³-hybridized carbons (Fsp3) is 0.826. The highest BCUT2D eigenvalue weighted by Gasteiger charge is 2.21. The zero-order chi connectivity index (χ0) is 20.5. The van der Waals surface area contributed by atoms with Crippen molar-refractivity contribution in [3.8, 4) is 0 Å². The molecule has 0 aromatic carbocycles. The van der Waals surface area contributed by atoms with E-state index in [9.17, 15) is 0 Å². The smallest absolute Gasteiger partial charge is 0.208 e. The first kappa shape index (κ1) is 22.1. The number of nitrogens with zero attached hydrogens (tertiary/aromatic N) is 3. The van der Waals surface area contributed by atoms with Crippen molar-refractivity contribution in [3.63, 3.8) is 0 Å². The molecule has 1 aliphatic carbocycles. The molecule has 0 amide bonds. The van der Waals surface area contributed by atoms with Crippen LogP contribution in [-0.2, 0) is 6.54 Å². The highest BCUT2D eigenvalue weighted by molar-refractivity contribution is 5.79. The second-order valence-electron chi connectivity index (χ2n) is 8.99. The lowest BCUT2D eigenvalue weighted by Gasteiger charge is -2.31. The first-order valence-corrected chi connectivity index (χ1v) is 11.7. The number of hydrogen-bond donors (Lipinski definition) is 2. The number of aliphatic imine (C=N–C) groups is 1. The van der Waals surface area contributed by atoms with E-state index in [2.05, 4.69) is 25.5 Å². The molecular weight excluding hydrogens is 362 g/mol. The largest absolute Gasteiger partial charge is 0.444 e. The Morgan fingerprint density at radius 3 is 2.48 bits per heavy atom. The molecule has 0 unspecified atom stereocenters. The molecule has 2 fully saturated rings. The van der Waals surface area contributed by atoms with E-state index in [-0.39, 0.29) is 0 Å². The van der Waals surface area contributed by atoms with Crippen LogP contribution in [0.3, 0.4) is 0 Å². The van der Waals surface area contributed by atoms with E-state index in [4.69, 9.17) is 4.42 Å². The third-order valence-corrected chi connectivity index (χ3v) is 6.73. The molecule has 1 aromatic heterocycles. The molecule has 0 radical (unpaired) electrons. The summed E-state index contributed by atoms with van der Waals surface area (Å²) in [6.07, 6.45) is 12.3. The number of oxazole rings is 1. The van der Waals surface area contributed by atoms with Crippen molar-refractivity contribution in [1.82, 2.24) is 20.5 Å². The lowest BCUT2D eigenvalue weighted by atomic mass is 9.86. The van der Waals surface area contributed by atoms with Crippen LogP contribution >= 0.6 is 0 Å². The maximum Gasteiger partial charge on any atom is 0.208 e. The van der Waals surface area contributed by atoms with Crippen molar-refractivity contribution in [2.24, 2.45) is 16.8 Å². The molecule has 6 nitrogen and oxygen atoms in total. The average Bonchev–Trinajstić information content (AvgIpc) is 3.06. The van der Waals surface area contributed by atoms with Crippen molar-refractivity contribution in [1.29, 1.82) is 0 Å². The summed E-state index contributed by atoms with van der Waals surface area (Å²) in [5.41, 5.74) is 1.01. The summed E-state index contributed by atoms with van der Waals surface area (Å²) in [6.45, 7) is 9.09. The second kappa shape index (κ2) is 11.6. The monoisotopic (exact) mass is 403 g/mol. The Morgan fingerprint density at radius 1 is 1.07 bits per heavy atom. The third-order valence-electron chi connectivity index (χ3n) is 6.73. The van der Waals surface area contributed by atoms with Gasteiger partial charge in [0.25, 0.3) is 0 Å². The molecule has 29 heavy (non-hydrogen) atoms. The average molecular weight is 404 g/mol. The standard InChI is InChI=1S/C23H41N5O/c1-18-19(2)29-22(27-18)17-28-14-11-21(12-15-28)16-26-23(24-3)25-13-7-10-20-8-5-4-6-9-20/h20-21H,4-17H2,1-3H3,(H2,24,25,26). The van der Waals surface area contributed by atoms with Gasteiger partial charge in [-0.15, -0.1) is 0 Å². The summed E-state index contributed by atoms with van der Waals surface area (Å²) in [4.78, 5) is 11.4. The summed E-state index contributed by atoms with van der Waals surface area (Å²) < 4.78 is 5.73. The van der Waals surface area contributed by atoms with E-state index in [0.29, 0.717) is 5.92 Å². The molecule has 164 valence electrons. The topological polar surface area (TPSA) is 65.7 Å². The maximum absolute atomic E-state index is 5.73. The van der Waals surface area contributed by atoms with E-state index in [1.54, 1.807) is 0 Å². The van der Waals surface area contributed by atoms with Gasteiger partial charge >= 0.3 is 0 Å². The van der Waals surface area contributed by atoms with Gasteiger partial charge in [-0.2, -0.15) is 0 Å². The van der Waals surface area contributed by atoms with Gasteiger partial charge in [0.1, 0.15) is 5.76 Å². The van der Waals surface area contributed by atoms with Crippen LogP contribution in [0.4, 0.5) is 0 Å². The lowest BCUT2D eigenvalue weighted by Crippen LogP contribution is -2.43. The van der Waals surface area contributed by atoms with Gasteiger partial charge in [-0.25, -0.2) is 4.98 Å². The molecule has 1 aliphatic heterocycles. The summed E-state index contributed by atoms with van der Waals surface area (Å²) >= 11 is 0. The van der Waals surface area contributed by atoms with E-state index < -0.39 is 0 Å². The van der Waals surface area contributed by atoms with Crippen molar-refractivity contribution in [2.75, 3.05) is 33.2 Å². The van der Waals surface area contributed by atoms with Gasteiger partial charge in [-0.3, -0.25) is 9.89 Å². The van der Waals surface area contributed by atoms with Gasteiger partial charge in [-0.1, -0.05) is 32.1 Å². The van der Waals surface area contributed by atoms with Gasteiger partial charge in [0.2, 0.25) is 5.89 Å². The van der Waals surface area contributed by atoms with E-state index in [1.165, 1.54) is 57.8 Å². The van der Waals surface area contributed by atoms with Crippen molar-refractivity contribution in [3.05, 3.63) is 17.3 Å². The number of guanidine groups is 1. The Bertz CT molecular complexity index is 608. The van der Waals surface area contributed by atoms with Crippen LogP contribution in [0, 0.1) is 25.7 Å². The molecule has 2 aliphatic rings. The molecule has 3 rings (SSSR count). The molecule has 0 spiro atoms. The SMILES string of the molecule is CN=C(NCCCC1CCCCC1)NCC1CCN(Cc2nc(C)c(C)o2)CC1. The Kier molecular flexibility index (Phi) is 8.84. The van der Waals surface area contributed by atoms with Crippen LogP contribution in [-0.4, -0.2) is 49.1 Å². The number of hydrogen-bond acceptors (Lipinski definition) is 4. The summed E-state index contributed by atoms with van der Waals surface area (Å²) in [5.74, 6) is 4.43. The minimum absolute atomic E-state index is 0.708. The third kappa shape index (κ3) is 7.32. The van der Waals surface area contributed by atoms with Crippen LogP contribution in [0.5, 0.6) is 0 Å². The number of likely N-dealkylation sites (tertiary alicyclic amines) is 1. The number of aromatic nitrogens is 1. The van der Waals surface area contributed by atoms with Crippen LogP contribution in [0.25, 0.3) is 0 Å². The maximum atomic E-state index is 5.73. The first-order valence-electron chi connectivity index (χ1n) is 11.7. The fourth-order valence-corrected chi connectivity index (χ4v) is 4.68. The van der Waals surface area contributed by atoms with Crippen LogP contribution in [0.2, 0.25) is 0 Å². The predicted molar refractivity (Wildman–Crippen MR) is 119 cm³/mol. The molecule has 1 saturated heterocycles. The van der Waals surface area contributed by atoms with E-state index >= 15 is 0 Å². The number of rotatable bonds is 8. The van der Waals surface area contributed by atoms with Gasteiger partial charge in [0.15, 0.2) is 5.96 Å². The van der Waals surface area contributed by atoms with Crippen molar-refractivity contribution < 1.29 is 4.42 Å². The van der Waals surface area contributed by atoms with Crippen molar-refractivity contribution >= 4 is 5.96 Å². The predicted octanol–water partition coefficient (Wildman–Crippen LogP) is 4.03. The Balaban J connectivity index is 1.27. The molecule has 2 heterocycles. The molecule has 0 bridgehead atoms. The van der Waals surface area contributed by atoms with E-state index in [0.717, 1.165) is 61.9 Å². The Labute approximate surface area is 176 Å². The summed E-state index contributed by atoms with van der Waals surface area (Å²) in [6, 6.07) is 0. The van der Waals surface area contributed by atoms with E-state index in [1.807, 2.05) is 20.9 Å². The quantitative estimate of drug-likeness (QED) is 0.390. The zero-order valence-corrected chi connectivity index (χ0v) is 18.8. The first-order chi connectivity index (χ1) is 14.1. The highest BCUT2D eigenvalue weighted by Crippen LogP contribution is 2.27. The molecule has 0 atom stereocenters. The minimum Gasteiger partial charge on any atom is -0.444 e. The molecule has 1 aromatic rings. The van der Waals surface area contributed by atoms with Gasteiger partial charge < -0.3 is 15.1 Å². The molecule has 2 N–H and O–H groups in total. The summed E-state index contributed by atoms with van der Waals surface area (Å²) in [5, 5.41) is 7.05. The molecule has 1 saturated carbocycles. The Hall–Kier alpha value is -1.56. The normalized spacial score (nSPS) is 20.2. The number of piperidine rings is 1. The second-order valence-corrected chi connectivity index (χ2v) is 8.99. The lowest BCUT2D eigenvalue weighted by molar-refractivity contribution is 0.164. The highest BCUT2D eigenvalue weighted by atomic mass is 16.4. The fourth-order valence-electron chi connectivity index (χ4n) is 4.68. The van der Waals surface area contributed by atoms with Crippen LogP contribution in [0.15, 0.2) is 9.41 Å². The molecule has 6 heteroatoms. The van der Waals surface area contributed by atoms with Gasteiger partial charge in [0.05, 0.1) is 12.2 Å². The Morgan fingerprint density at radius 2 is 1.83 bits per heavy atom. The van der Waals surface area contributed by atoms with Gasteiger partial charge in [0, 0.05) is 20.1 Å². The number of aryl methyl sites for hydroxylation is 2. The number of nitrogens with one attached hydrogen (secondary N) is 2. The van der Waals surface area contributed by atoms with Crippen LogP contribution in [0.1, 0.15) is 75.1 Å². The minimum atomic E-state index is 0.708.